The molecule has 0 aliphatic carbocycles. The summed E-state index contributed by atoms with van der Waals surface area (Å²) in [6.45, 7) is 12.5. The van der Waals surface area contributed by atoms with E-state index >= 15 is 0 Å². The minimum atomic E-state index is -3.02. The molecule has 2 aromatic heterocycles. The van der Waals surface area contributed by atoms with Gasteiger partial charge in [-0.05, 0) is 44.5 Å². The summed E-state index contributed by atoms with van der Waals surface area (Å²) in [5, 5.41) is 13.5. The molecule has 0 bridgehead atoms. The van der Waals surface area contributed by atoms with E-state index in [1.165, 1.54) is 17.6 Å². The van der Waals surface area contributed by atoms with Crippen LogP contribution in [0.4, 0.5) is 31.8 Å². The highest BCUT2D eigenvalue weighted by Crippen LogP contribution is 2.40. The monoisotopic (exact) mass is 533 g/mol. The Hall–Kier alpha value is -3.20. The molecular formula is C25H30ClF2N7O2. The van der Waals surface area contributed by atoms with Crippen LogP contribution in [0.25, 0.3) is 15.9 Å². The molecule has 4 N–H and O–H groups in total. The van der Waals surface area contributed by atoms with Crippen LogP contribution in [0.5, 0.6) is 0 Å². The van der Waals surface area contributed by atoms with Gasteiger partial charge in [0.1, 0.15) is 11.6 Å². The van der Waals surface area contributed by atoms with E-state index in [4.69, 9.17) is 23.9 Å². The molecule has 3 heterocycles. The second-order valence-electron chi connectivity index (χ2n) is 10.2. The van der Waals surface area contributed by atoms with Crippen molar-refractivity contribution in [3.05, 3.63) is 51.2 Å². The lowest BCUT2D eigenvalue weighted by Crippen LogP contribution is -2.60. The molecule has 0 radical (unpaired) electrons. The van der Waals surface area contributed by atoms with E-state index in [9.17, 15) is 18.7 Å². The summed E-state index contributed by atoms with van der Waals surface area (Å²) in [4.78, 5) is 22.4. The summed E-state index contributed by atoms with van der Waals surface area (Å²) in [6, 6.07) is 5.38. The maximum Gasteiger partial charge on any atom is 0.328 e. The minimum Gasteiger partial charge on any atom is -0.390 e. The molecule has 1 saturated heterocycles. The molecule has 37 heavy (non-hydrogen) atoms. The first kappa shape index (κ1) is 26.9. The molecule has 0 unspecified atom stereocenters. The van der Waals surface area contributed by atoms with Gasteiger partial charge in [-0.25, -0.2) is 23.4 Å². The molecule has 1 aromatic carbocycles. The predicted octanol–water partition coefficient (Wildman–Crippen LogP) is 4.26. The zero-order chi connectivity index (χ0) is 27.3. The summed E-state index contributed by atoms with van der Waals surface area (Å²) in [5.74, 6) is -3.58. The smallest absolute Gasteiger partial charge is 0.328 e. The van der Waals surface area contributed by atoms with Crippen molar-refractivity contribution >= 4 is 45.6 Å². The van der Waals surface area contributed by atoms with Gasteiger partial charge in [0.05, 0.1) is 34.3 Å². The number of benzene rings is 1. The van der Waals surface area contributed by atoms with Gasteiger partial charge in [0.15, 0.2) is 0 Å². The third-order valence-corrected chi connectivity index (χ3v) is 7.06. The normalized spacial score (nSPS) is 19.7. The zero-order valence-electron chi connectivity index (χ0n) is 21.1. The summed E-state index contributed by atoms with van der Waals surface area (Å²) in [6.07, 6.45) is 0.383. The Labute approximate surface area is 218 Å². The van der Waals surface area contributed by atoms with Crippen molar-refractivity contribution in [2.24, 2.45) is 18.7 Å². The summed E-state index contributed by atoms with van der Waals surface area (Å²) in [7, 11) is 1.68. The fraction of sp³-hybridized carbons (Fsp3) is 0.480. The number of aryl methyl sites for hydroxylation is 2. The van der Waals surface area contributed by atoms with Crippen LogP contribution in [-0.4, -0.2) is 49.9 Å². The fourth-order valence-corrected chi connectivity index (χ4v) is 4.72. The van der Waals surface area contributed by atoms with E-state index in [1.807, 2.05) is 0 Å². The average Bonchev–Trinajstić information content (AvgIpc) is 3.05. The lowest BCUT2D eigenvalue weighted by molar-refractivity contribution is -0.0806. The molecule has 0 saturated carbocycles. The Bertz CT molecular complexity index is 1420. The largest absolute Gasteiger partial charge is 0.390 e. The highest BCUT2D eigenvalue weighted by molar-refractivity contribution is 6.33. The van der Waals surface area contributed by atoms with Gasteiger partial charge >= 0.3 is 5.69 Å². The maximum absolute atomic E-state index is 14.3. The number of halogens is 3. The third kappa shape index (κ3) is 5.14. The van der Waals surface area contributed by atoms with Crippen LogP contribution in [0.15, 0.2) is 29.1 Å². The molecule has 1 fully saturated rings. The van der Waals surface area contributed by atoms with Crippen LogP contribution < -0.4 is 21.6 Å². The van der Waals surface area contributed by atoms with Gasteiger partial charge in [0.25, 0.3) is 5.92 Å². The molecule has 3 aromatic rings. The second-order valence-corrected chi connectivity index (χ2v) is 10.7. The van der Waals surface area contributed by atoms with E-state index in [2.05, 4.69) is 15.1 Å². The number of nitrogens with zero attached hydrogens (tertiary/aromatic N) is 5. The van der Waals surface area contributed by atoms with Gasteiger partial charge in [-0.1, -0.05) is 18.5 Å². The number of hydrogen-bond donors (Lipinski definition) is 3. The maximum atomic E-state index is 14.3. The number of piperidine rings is 1. The SMILES string of the molecule is [C-]#[N+]c1cc(Cl)c(Nc2ccc3c(c2)n(CCC(C)(C)O)c(=O)n3C)nc1N1C[C@@H](N)C(F)(F)[C@@H](C)C1. The van der Waals surface area contributed by atoms with Crippen molar-refractivity contribution in [1.29, 1.82) is 0 Å². The number of rotatable bonds is 6. The number of hydrogen-bond acceptors (Lipinski definition) is 6. The Morgan fingerprint density at radius 3 is 2.65 bits per heavy atom. The summed E-state index contributed by atoms with van der Waals surface area (Å²) < 4.78 is 31.7. The highest BCUT2D eigenvalue weighted by Gasteiger charge is 2.48. The Morgan fingerprint density at radius 2 is 2.03 bits per heavy atom. The van der Waals surface area contributed by atoms with Crippen LogP contribution in [0.2, 0.25) is 5.02 Å². The molecule has 9 nitrogen and oxygen atoms in total. The van der Waals surface area contributed by atoms with Crippen LogP contribution in [0.3, 0.4) is 0 Å². The molecule has 1 aliphatic heterocycles. The standard InChI is InChI=1S/C25H30ClF2N7O2/c1-14-12-34(13-20(29)25(14,27)28)22-17(30-4)11-16(26)21(32-22)31-15-6-7-18-19(10-15)35(23(36)33(18)5)9-8-24(2,3)37/h6-7,10-11,14,20,37H,8-9,12-13,29H2,1-3,5H3,(H,31,32)/t14-,20+/m0/s1. The zero-order valence-corrected chi connectivity index (χ0v) is 21.9. The van der Waals surface area contributed by atoms with E-state index in [0.717, 1.165) is 0 Å². The van der Waals surface area contributed by atoms with E-state index in [1.54, 1.807) is 48.6 Å². The van der Waals surface area contributed by atoms with Gasteiger partial charge in [-0.2, -0.15) is 0 Å². The molecule has 0 amide bonds. The predicted molar refractivity (Wildman–Crippen MR) is 141 cm³/mol. The fourth-order valence-electron chi connectivity index (χ4n) is 4.52. The van der Waals surface area contributed by atoms with E-state index in [0.29, 0.717) is 29.7 Å². The van der Waals surface area contributed by atoms with Gasteiger partial charge < -0.3 is 21.1 Å². The van der Waals surface area contributed by atoms with Crippen LogP contribution in [-0.2, 0) is 13.6 Å². The van der Waals surface area contributed by atoms with Crippen molar-refractivity contribution in [1.82, 2.24) is 14.1 Å². The van der Waals surface area contributed by atoms with Gasteiger partial charge in [0, 0.05) is 38.3 Å². The summed E-state index contributed by atoms with van der Waals surface area (Å²) >= 11 is 6.43. The molecule has 1 aliphatic rings. The number of aromatic nitrogens is 3. The van der Waals surface area contributed by atoms with Crippen molar-refractivity contribution in [3.8, 4) is 0 Å². The van der Waals surface area contributed by atoms with Gasteiger partial charge in [-0.3, -0.25) is 9.13 Å². The molecule has 4 rings (SSSR count). The van der Waals surface area contributed by atoms with E-state index in [-0.39, 0.29) is 41.1 Å². The molecular weight excluding hydrogens is 504 g/mol. The quantitative estimate of drug-likeness (QED) is 0.409. The van der Waals surface area contributed by atoms with Crippen molar-refractivity contribution in [2.75, 3.05) is 23.3 Å². The van der Waals surface area contributed by atoms with Crippen LogP contribution in [0, 0.1) is 12.5 Å². The molecule has 198 valence electrons. The van der Waals surface area contributed by atoms with Crippen molar-refractivity contribution < 1.29 is 13.9 Å². The Morgan fingerprint density at radius 1 is 1.32 bits per heavy atom. The Balaban J connectivity index is 1.70. The first-order chi connectivity index (χ1) is 17.2. The number of aliphatic hydroxyl groups is 1. The second kappa shape index (κ2) is 9.59. The third-order valence-electron chi connectivity index (χ3n) is 6.77. The number of pyridine rings is 1. The van der Waals surface area contributed by atoms with Crippen LogP contribution >= 0.6 is 11.6 Å². The lowest BCUT2D eigenvalue weighted by atomic mass is 9.91. The average molecular weight is 534 g/mol. The number of nitrogens with two attached hydrogens (primary N) is 1. The van der Waals surface area contributed by atoms with Crippen molar-refractivity contribution in [2.45, 2.75) is 51.3 Å². The van der Waals surface area contributed by atoms with Gasteiger partial charge in [-0.15, -0.1) is 0 Å². The number of imidazole rings is 1. The first-order valence-electron chi connectivity index (χ1n) is 11.9. The molecule has 12 heteroatoms. The van der Waals surface area contributed by atoms with Gasteiger partial charge in [0.2, 0.25) is 5.69 Å². The summed E-state index contributed by atoms with van der Waals surface area (Å²) in [5.41, 5.74) is 6.72. The first-order valence-corrected chi connectivity index (χ1v) is 12.3. The molecule has 2 atom stereocenters. The van der Waals surface area contributed by atoms with Crippen molar-refractivity contribution in [3.63, 3.8) is 0 Å². The minimum absolute atomic E-state index is 0.0131. The van der Waals surface area contributed by atoms with Crippen LogP contribution in [0.1, 0.15) is 27.2 Å². The van der Waals surface area contributed by atoms with E-state index < -0.39 is 23.5 Å². The number of fused-ring (bicyclic) bond motifs is 1. The number of nitrogens with one attached hydrogen (secondary N) is 1. The molecule has 0 spiro atoms. The lowest BCUT2D eigenvalue weighted by Gasteiger charge is -2.41. The topological polar surface area (TPSA) is 106 Å². The number of anilines is 3. The Kier molecular flexibility index (Phi) is 6.96. The highest BCUT2D eigenvalue weighted by atomic mass is 35.5. The number of alkyl halides is 2.